The average Bonchev–Trinajstić information content (AvgIpc) is 2.85. The van der Waals surface area contributed by atoms with E-state index in [1.54, 1.807) is 6.07 Å². The van der Waals surface area contributed by atoms with Crippen LogP contribution in [0.15, 0.2) is 40.9 Å². The van der Waals surface area contributed by atoms with Crippen LogP contribution in [0, 0.1) is 5.82 Å². The van der Waals surface area contributed by atoms with Crippen LogP contribution < -0.4 is 5.73 Å². The van der Waals surface area contributed by atoms with Crippen molar-refractivity contribution in [1.82, 2.24) is 9.97 Å². The summed E-state index contributed by atoms with van der Waals surface area (Å²) in [6.07, 6.45) is 0. The van der Waals surface area contributed by atoms with E-state index in [-0.39, 0.29) is 5.82 Å². The fourth-order valence-electron chi connectivity index (χ4n) is 2.06. The Labute approximate surface area is 117 Å². The second-order valence-corrected chi connectivity index (χ2v) is 5.08. The Morgan fingerprint density at radius 2 is 2.11 bits per heavy atom. The Morgan fingerprint density at radius 1 is 1.26 bits per heavy atom. The zero-order valence-corrected chi connectivity index (χ0v) is 11.5. The van der Waals surface area contributed by atoms with Crippen molar-refractivity contribution in [3.8, 4) is 11.4 Å². The third-order valence-corrected chi connectivity index (χ3v) is 3.69. The molecule has 19 heavy (non-hydrogen) atoms. The average molecular weight is 320 g/mol. The first-order valence-electron chi connectivity index (χ1n) is 5.82. The van der Waals surface area contributed by atoms with Gasteiger partial charge in [-0.05, 0) is 29.8 Å². The van der Waals surface area contributed by atoms with Gasteiger partial charge in [0.1, 0.15) is 11.6 Å². The summed E-state index contributed by atoms with van der Waals surface area (Å²) >= 11 is 3.41. The molecule has 3 nitrogen and oxygen atoms in total. The van der Waals surface area contributed by atoms with E-state index in [9.17, 15) is 4.39 Å². The lowest BCUT2D eigenvalue weighted by Crippen LogP contribution is -1.96. The maximum Gasteiger partial charge on any atom is 0.139 e. The number of imidazole rings is 1. The Hall–Kier alpha value is -1.72. The lowest BCUT2D eigenvalue weighted by molar-refractivity contribution is 0.628. The lowest BCUT2D eigenvalue weighted by Gasteiger charge is -2.00. The van der Waals surface area contributed by atoms with Crippen molar-refractivity contribution in [3.05, 3.63) is 52.3 Å². The minimum atomic E-state index is -0.294. The molecule has 0 bridgehead atoms. The third kappa shape index (κ3) is 2.15. The van der Waals surface area contributed by atoms with Crippen molar-refractivity contribution in [2.75, 3.05) is 0 Å². The summed E-state index contributed by atoms with van der Waals surface area (Å²) in [5.41, 5.74) is 9.08. The van der Waals surface area contributed by atoms with Crippen molar-refractivity contribution in [1.29, 1.82) is 0 Å². The van der Waals surface area contributed by atoms with Crippen LogP contribution in [0.3, 0.4) is 0 Å². The number of nitrogens with two attached hydrogens (primary N) is 1. The van der Waals surface area contributed by atoms with Gasteiger partial charge in [-0.1, -0.05) is 28.1 Å². The molecule has 1 aromatic heterocycles. The molecule has 0 spiro atoms. The second-order valence-electron chi connectivity index (χ2n) is 4.23. The predicted octanol–water partition coefficient (Wildman–Crippen LogP) is 3.59. The third-order valence-electron chi connectivity index (χ3n) is 3.00. The first-order chi connectivity index (χ1) is 9.19. The number of halogens is 2. The summed E-state index contributed by atoms with van der Waals surface area (Å²) in [7, 11) is 0. The van der Waals surface area contributed by atoms with Gasteiger partial charge in [-0.2, -0.15) is 0 Å². The van der Waals surface area contributed by atoms with E-state index < -0.39 is 0 Å². The smallest absolute Gasteiger partial charge is 0.139 e. The van der Waals surface area contributed by atoms with Crippen molar-refractivity contribution in [2.24, 2.45) is 5.73 Å². The molecule has 96 valence electrons. The predicted molar refractivity (Wildman–Crippen MR) is 77.1 cm³/mol. The number of hydrogen-bond donors (Lipinski definition) is 2. The highest BCUT2D eigenvalue weighted by Gasteiger charge is 2.11. The minimum Gasteiger partial charge on any atom is -0.338 e. The summed E-state index contributed by atoms with van der Waals surface area (Å²) in [5.74, 6) is 0.333. The monoisotopic (exact) mass is 319 g/mol. The molecule has 0 fully saturated rings. The molecular weight excluding hydrogens is 309 g/mol. The molecule has 0 aliphatic rings. The quantitative estimate of drug-likeness (QED) is 0.758. The maximum atomic E-state index is 13.4. The Balaban J connectivity index is 2.23. The fraction of sp³-hybridized carbons (Fsp3) is 0.0714. The van der Waals surface area contributed by atoms with Gasteiger partial charge in [-0.3, -0.25) is 0 Å². The van der Waals surface area contributed by atoms with Crippen molar-refractivity contribution < 1.29 is 4.39 Å². The molecule has 0 saturated heterocycles. The normalized spacial score (nSPS) is 11.1. The Bertz CT molecular complexity index is 752. The first kappa shape index (κ1) is 12.3. The number of para-hydroxylation sites is 1. The highest BCUT2D eigenvalue weighted by atomic mass is 79.9. The number of aromatic nitrogens is 2. The largest absolute Gasteiger partial charge is 0.338 e. The van der Waals surface area contributed by atoms with Crippen LogP contribution in [0.4, 0.5) is 4.39 Å². The molecule has 3 N–H and O–H groups in total. The first-order valence-corrected chi connectivity index (χ1v) is 6.61. The molecule has 0 aliphatic carbocycles. The molecule has 0 radical (unpaired) electrons. The molecule has 1 heterocycles. The Morgan fingerprint density at radius 3 is 2.89 bits per heavy atom. The molecule has 2 aromatic carbocycles. The molecule has 0 aliphatic heterocycles. The van der Waals surface area contributed by atoms with Crippen LogP contribution in [0.25, 0.3) is 22.4 Å². The SMILES string of the molecule is NCc1cccc2[nH]c(-c3cc(F)ccc3Br)nc12. The van der Waals surface area contributed by atoms with Gasteiger partial charge in [0.2, 0.25) is 0 Å². The summed E-state index contributed by atoms with van der Waals surface area (Å²) in [4.78, 5) is 7.71. The number of benzene rings is 2. The van der Waals surface area contributed by atoms with Crippen LogP contribution in [-0.4, -0.2) is 9.97 Å². The maximum absolute atomic E-state index is 13.4. The zero-order valence-electron chi connectivity index (χ0n) is 9.95. The van der Waals surface area contributed by atoms with E-state index in [4.69, 9.17) is 5.73 Å². The second kappa shape index (κ2) is 4.75. The summed E-state index contributed by atoms with van der Waals surface area (Å²) in [6, 6.07) is 10.3. The number of aromatic amines is 1. The molecule has 0 saturated carbocycles. The molecular formula is C14H11BrFN3. The molecule has 3 rings (SSSR count). The number of nitrogens with zero attached hydrogens (tertiary/aromatic N) is 1. The fourth-order valence-corrected chi connectivity index (χ4v) is 2.50. The van der Waals surface area contributed by atoms with E-state index in [0.717, 1.165) is 21.1 Å². The molecule has 0 unspecified atom stereocenters. The lowest BCUT2D eigenvalue weighted by atomic mass is 10.2. The van der Waals surface area contributed by atoms with Crippen molar-refractivity contribution >= 4 is 27.0 Å². The molecule has 0 amide bonds. The Kier molecular flexibility index (Phi) is 3.08. The number of fused-ring (bicyclic) bond motifs is 1. The topological polar surface area (TPSA) is 54.7 Å². The van der Waals surface area contributed by atoms with Gasteiger partial charge in [-0.25, -0.2) is 9.37 Å². The van der Waals surface area contributed by atoms with Gasteiger partial charge >= 0.3 is 0 Å². The van der Waals surface area contributed by atoms with Gasteiger partial charge in [0.15, 0.2) is 0 Å². The van der Waals surface area contributed by atoms with Crippen LogP contribution in [0.1, 0.15) is 5.56 Å². The number of rotatable bonds is 2. The van der Waals surface area contributed by atoms with Crippen LogP contribution in [0.5, 0.6) is 0 Å². The van der Waals surface area contributed by atoms with Gasteiger partial charge < -0.3 is 10.7 Å². The van der Waals surface area contributed by atoms with Crippen LogP contribution in [0.2, 0.25) is 0 Å². The van der Waals surface area contributed by atoms with Crippen molar-refractivity contribution in [2.45, 2.75) is 6.54 Å². The molecule has 5 heteroatoms. The number of H-pyrrole nitrogens is 1. The van der Waals surface area contributed by atoms with E-state index >= 15 is 0 Å². The van der Waals surface area contributed by atoms with Crippen LogP contribution in [-0.2, 0) is 6.54 Å². The summed E-state index contributed by atoms with van der Waals surface area (Å²) in [5, 5.41) is 0. The van der Waals surface area contributed by atoms with Crippen LogP contribution >= 0.6 is 15.9 Å². The number of hydrogen-bond acceptors (Lipinski definition) is 2. The minimum absolute atomic E-state index is 0.294. The van der Waals surface area contributed by atoms with E-state index in [1.165, 1.54) is 12.1 Å². The van der Waals surface area contributed by atoms with Gasteiger partial charge in [0, 0.05) is 16.6 Å². The van der Waals surface area contributed by atoms with E-state index in [2.05, 4.69) is 25.9 Å². The van der Waals surface area contributed by atoms with Gasteiger partial charge in [0.05, 0.1) is 11.0 Å². The standard InChI is InChI=1S/C14H11BrFN3/c15-11-5-4-9(16)6-10(11)14-18-12-3-1-2-8(7-17)13(12)19-14/h1-6H,7,17H2,(H,18,19). The number of nitrogens with one attached hydrogen (secondary N) is 1. The van der Waals surface area contributed by atoms with Gasteiger partial charge in [-0.15, -0.1) is 0 Å². The molecule has 0 atom stereocenters. The van der Waals surface area contributed by atoms with Crippen molar-refractivity contribution in [3.63, 3.8) is 0 Å². The summed E-state index contributed by atoms with van der Waals surface area (Å²) < 4.78 is 14.1. The van der Waals surface area contributed by atoms with E-state index in [0.29, 0.717) is 17.9 Å². The van der Waals surface area contributed by atoms with Gasteiger partial charge in [0.25, 0.3) is 0 Å². The summed E-state index contributed by atoms with van der Waals surface area (Å²) in [6.45, 7) is 0.423. The molecule has 3 aromatic rings. The highest BCUT2D eigenvalue weighted by molar-refractivity contribution is 9.10. The highest BCUT2D eigenvalue weighted by Crippen LogP contribution is 2.29. The zero-order chi connectivity index (χ0) is 13.4. The van der Waals surface area contributed by atoms with E-state index in [1.807, 2.05) is 18.2 Å².